The Bertz CT molecular complexity index is 729. The van der Waals surface area contributed by atoms with Gasteiger partial charge >= 0.3 is 0 Å². The molecule has 5 nitrogen and oxygen atoms in total. The summed E-state index contributed by atoms with van der Waals surface area (Å²) in [5, 5.41) is 3.01. The van der Waals surface area contributed by atoms with Gasteiger partial charge in [-0.2, -0.15) is 0 Å². The topological polar surface area (TPSA) is 56.8 Å². The number of amides is 1. The van der Waals surface area contributed by atoms with Crippen LogP contribution in [0.5, 0.6) is 17.2 Å². The van der Waals surface area contributed by atoms with Gasteiger partial charge in [0.2, 0.25) is 0 Å². The molecular formula is C19H21NO4. The molecule has 0 aliphatic carbocycles. The smallest absolute Gasteiger partial charge is 0.258 e. The molecule has 0 radical (unpaired) electrons. The van der Waals surface area contributed by atoms with Crippen LogP contribution in [0.3, 0.4) is 0 Å². The van der Waals surface area contributed by atoms with Crippen molar-refractivity contribution in [3.05, 3.63) is 53.6 Å². The minimum Gasteiger partial charge on any atom is -0.493 e. The zero-order valence-corrected chi connectivity index (χ0v) is 13.9. The number of aryl methyl sites for hydroxylation is 1. The molecule has 0 saturated heterocycles. The number of para-hydroxylation sites is 1. The third-order valence-corrected chi connectivity index (χ3v) is 3.97. The molecule has 1 atom stereocenters. The summed E-state index contributed by atoms with van der Waals surface area (Å²) in [6, 6.07) is 13.3. The second kappa shape index (κ2) is 7.25. The molecule has 2 aromatic rings. The average molecular weight is 327 g/mol. The molecule has 0 aromatic heterocycles. The molecule has 126 valence electrons. The Kier molecular flexibility index (Phi) is 4.89. The highest BCUT2D eigenvalue weighted by Gasteiger charge is 2.22. The summed E-state index contributed by atoms with van der Waals surface area (Å²) in [5.41, 5.74) is 2.08. The molecular weight excluding hydrogens is 306 g/mol. The van der Waals surface area contributed by atoms with Crippen molar-refractivity contribution in [2.24, 2.45) is 0 Å². The third-order valence-electron chi connectivity index (χ3n) is 3.97. The van der Waals surface area contributed by atoms with Crippen molar-refractivity contribution in [2.45, 2.75) is 19.4 Å². The Labute approximate surface area is 141 Å². The summed E-state index contributed by atoms with van der Waals surface area (Å²) in [6.07, 6.45) is 0.747. The van der Waals surface area contributed by atoms with Crippen LogP contribution in [-0.2, 0) is 4.79 Å². The number of fused-ring (bicyclic) bond motifs is 1. The highest BCUT2D eigenvalue weighted by Crippen LogP contribution is 2.31. The number of methoxy groups -OCH3 is 1. The average Bonchev–Trinajstić information content (AvgIpc) is 2.61. The number of hydrogen-bond acceptors (Lipinski definition) is 4. The van der Waals surface area contributed by atoms with E-state index in [2.05, 4.69) is 5.32 Å². The van der Waals surface area contributed by atoms with E-state index in [1.54, 1.807) is 7.11 Å². The van der Waals surface area contributed by atoms with Crippen LogP contribution in [-0.4, -0.2) is 26.2 Å². The lowest BCUT2D eigenvalue weighted by atomic mass is 10.0. The van der Waals surface area contributed by atoms with E-state index in [1.165, 1.54) is 0 Å². The molecule has 1 aliphatic heterocycles. The van der Waals surface area contributed by atoms with E-state index >= 15 is 0 Å². The van der Waals surface area contributed by atoms with E-state index in [9.17, 15) is 4.79 Å². The Hall–Kier alpha value is -2.69. The summed E-state index contributed by atoms with van der Waals surface area (Å²) in [6.45, 7) is 2.51. The van der Waals surface area contributed by atoms with E-state index in [0.717, 1.165) is 23.3 Å². The molecule has 2 aromatic carbocycles. The van der Waals surface area contributed by atoms with Crippen LogP contribution >= 0.6 is 0 Å². The van der Waals surface area contributed by atoms with Crippen LogP contribution in [0.4, 0.5) is 0 Å². The number of benzene rings is 2. The molecule has 1 N–H and O–H groups in total. The molecule has 0 spiro atoms. The Morgan fingerprint density at radius 2 is 2.08 bits per heavy atom. The van der Waals surface area contributed by atoms with E-state index in [4.69, 9.17) is 14.2 Å². The third kappa shape index (κ3) is 3.62. The quantitative estimate of drug-likeness (QED) is 0.917. The minimum atomic E-state index is -0.167. The number of carbonyl (C=O) groups is 1. The standard InChI is InChI=1S/C19H21NO4/c1-13-7-8-17(18(11-13)22-2)24-12-19(21)20-15-9-10-23-16-6-4-3-5-14(15)16/h3-8,11,15H,9-10,12H2,1-2H3,(H,20,21). The SMILES string of the molecule is COc1cc(C)ccc1OCC(=O)NC1CCOc2ccccc21. The van der Waals surface area contributed by atoms with Crippen molar-refractivity contribution >= 4 is 5.91 Å². The first-order chi connectivity index (χ1) is 11.7. The Morgan fingerprint density at radius 3 is 2.92 bits per heavy atom. The van der Waals surface area contributed by atoms with Crippen molar-refractivity contribution < 1.29 is 19.0 Å². The van der Waals surface area contributed by atoms with E-state index in [-0.39, 0.29) is 18.6 Å². The Morgan fingerprint density at radius 1 is 1.25 bits per heavy atom. The first kappa shape index (κ1) is 16.2. The summed E-state index contributed by atoms with van der Waals surface area (Å²) < 4.78 is 16.5. The van der Waals surface area contributed by atoms with Gasteiger partial charge in [0.25, 0.3) is 5.91 Å². The summed E-state index contributed by atoms with van der Waals surface area (Å²) >= 11 is 0. The number of carbonyl (C=O) groups excluding carboxylic acids is 1. The largest absolute Gasteiger partial charge is 0.493 e. The van der Waals surface area contributed by atoms with Gasteiger partial charge < -0.3 is 19.5 Å². The van der Waals surface area contributed by atoms with Crippen LogP contribution in [0.25, 0.3) is 0 Å². The zero-order valence-electron chi connectivity index (χ0n) is 13.9. The van der Waals surface area contributed by atoms with Crippen molar-refractivity contribution in [1.29, 1.82) is 0 Å². The molecule has 24 heavy (non-hydrogen) atoms. The van der Waals surface area contributed by atoms with Crippen molar-refractivity contribution in [3.8, 4) is 17.2 Å². The lowest BCUT2D eigenvalue weighted by Crippen LogP contribution is -2.35. The summed E-state index contributed by atoms with van der Waals surface area (Å²) in [5.74, 6) is 1.85. The van der Waals surface area contributed by atoms with Crippen molar-refractivity contribution in [2.75, 3.05) is 20.3 Å². The second-order valence-electron chi connectivity index (χ2n) is 5.74. The van der Waals surface area contributed by atoms with Gasteiger partial charge in [-0.05, 0) is 30.7 Å². The fourth-order valence-electron chi connectivity index (χ4n) is 2.77. The Balaban J connectivity index is 1.61. The zero-order chi connectivity index (χ0) is 16.9. The van der Waals surface area contributed by atoms with Crippen molar-refractivity contribution in [3.63, 3.8) is 0 Å². The van der Waals surface area contributed by atoms with Gasteiger partial charge in [-0.3, -0.25) is 4.79 Å². The van der Waals surface area contributed by atoms with Crippen molar-refractivity contribution in [1.82, 2.24) is 5.32 Å². The van der Waals surface area contributed by atoms with Gasteiger partial charge in [0, 0.05) is 12.0 Å². The molecule has 1 unspecified atom stereocenters. The highest BCUT2D eigenvalue weighted by atomic mass is 16.5. The highest BCUT2D eigenvalue weighted by molar-refractivity contribution is 5.78. The lowest BCUT2D eigenvalue weighted by molar-refractivity contribution is -0.124. The molecule has 5 heteroatoms. The van der Waals surface area contributed by atoms with Gasteiger partial charge in [-0.1, -0.05) is 24.3 Å². The van der Waals surface area contributed by atoms with Gasteiger partial charge in [0.05, 0.1) is 19.8 Å². The van der Waals surface area contributed by atoms with E-state index < -0.39 is 0 Å². The van der Waals surface area contributed by atoms with Crippen LogP contribution < -0.4 is 19.5 Å². The van der Waals surface area contributed by atoms with Gasteiger partial charge in [-0.15, -0.1) is 0 Å². The van der Waals surface area contributed by atoms with Crippen LogP contribution in [0.15, 0.2) is 42.5 Å². The fourth-order valence-corrected chi connectivity index (χ4v) is 2.77. The van der Waals surface area contributed by atoms with Gasteiger partial charge in [-0.25, -0.2) is 0 Å². The van der Waals surface area contributed by atoms with E-state index in [1.807, 2.05) is 49.4 Å². The van der Waals surface area contributed by atoms with Gasteiger partial charge in [0.15, 0.2) is 18.1 Å². The molecule has 3 rings (SSSR count). The van der Waals surface area contributed by atoms with Crippen LogP contribution in [0, 0.1) is 6.92 Å². The first-order valence-corrected chi connectivity index (χ1v) is 7.96. The molecule has 0 bridgehead atoms. The van der Waals surface area contributed by atoms with Crippen LogP contribution in [0.2, 0.25) is 0 Å². The normalized spacial score (nSPS) is 15.8. The minimum absolute atomic E-state index is 0.0500. The maximum Gasteiger partial charge on any atom is 0.258 e. The lowest BCUT2D eigenvalue weighted by Gasteiger charge is -2.26. The summed E-state index contributed by atoms with van der Waals surface area (Å²) in [7, 11) is 1.58. The molecule has 0 fully saturated rings. The maximum atomic E-state index is 12.2. The van der Waals surface area contributed by atoms with Crippen LogP contribution in [0.1, 0.15) is 23.6 Å². The van der Waals surface area contributed by atoms with E-state index in [0.29, 0.717) is 18.1 Å². The number of ether oxygens (including phenoxy) is 3. The predicted octanol–water partition coefficient (Wildman–Crippen LogP) is 3.02. The fraction of sp³-hybridized carbons (Fsp3) is 0.316. The number of hydrogen-bond donors (Lipinski definition) is 1. The first-order valence-electron chi connectivity index (χ1n) is 7.96. The van der Waals surface area contributed by atoms with Gasteiger partial charge in [0.1, 0.15) is 5.75 Å². The summed E-state index contributed by atoms with van der Waals surface area (Å²) in [4.78, 5) is 12.2. The number of nitrogens with one attached hydrogen (secondary N) is 1. The molecule has 1 aliphatic rings. The second-order valence-corrected chi connectivity index (χ2v) is 5.74. The molecule has 1 amide bonds. The maximum absolute atomic E-state index is 12.2. The molecule has 1 heterocycles. The number of rotatable bonds is 5. The molecule has 0 saturated carbocycles. The monoisotopic (exact) mass is 327 g/mol. The predicted molar refractivity (Wildman–Crippen MR) is 90.7 cm³/mol.